The topological polar surface area (TPSA) is 54.3 Å². The molecule has 0 aliphatic heterocycles. The molecule has 0 spiro atoms. The lowest BCUT2D eigenvalue weighted by atomic mass is 10.2. The Balaban J connectivity index is 2.50. The highest BCUT2D eigenvalue weighted by molar-refractivity contribution is 5.46. The molecule has 0 radical (unpaired) electrons. The third kappa shape index (κ3) is 5.19. The van der Waals surface area contributed by atoms with Gasteiger partial charge in [0.1, 0.15) is 0 Å². The number of nitriles is 1. The molecular weight excluding hydrogens is 240 g/mol. The first-order valence-corrected chi connectivity index (χ1v) is 6.62. The lowest BCUT2D eigenvalue weighted by Gasteiger charge is -2.15. The van der Waals surface area contributed by atoms with Gasteiger partial charge in [0, 0.05) is 18.5 Å². The van der Waals surface area contributed by atoms with Crippen LogP contribution in [-0.4, -0.2) is 26.8 Å². The third-order valence-electron chi connectivity index (χ3n) is 2.74. The maximum atomic E-state index is 8.83. The van der Waals surface area contributed by atoms with E-state index in [4.69, 9.17) is 14.7 Å². The number of ether oxygens (including phenoxy) is 2. The Bertz CT molecular complexity index is 427. The van der Waals surface area contributed by atoms with Gasteiger partial charge in [-0.3, -0.25) is 0 Å². The fourth-order valence-corrected chi connectivity index (χ4v) is 1.67. The summed E-state index contributed by atoms with van der Waals surface area (Å²) in [7, 11) is 1.58. The predicted octanol–water partition coefficient (Wildman–Crippen LogP) is 2.58. The lowest BCUT2D eigenvalue weighted by molar-refractivity contribution is 0.244. The van der Waals surface area contributed by atoms with Crippen LogP contribution >= 0.6 is 0 Å². The van der Waals surface area contributed by atoms with Crippen molar-refractivity contribution in [1.82, 2.24) is 5.32 Å². The van der Waals surface area contributed by atoms with Crippen molar-refractivity contribution < 1.29 is 9.47 Å². The van der Waals surface area contributed by atoms with Crippen LogP contribution in [-0.2, 0) is 0 Å². The van der Waals surface area contributed by atoms with Crippen LogP contribution in [0, 0.1) is 17.2 Å². The number of nitrogens with zero attached hydrogens (tertiary/aromatic N) is 1. The van der Waals surface area contributed by atoms with E-state index >= 15 is 0 Å². The molecule has 19 heavy (non-hydrogen) atoms. The highest BCUT2D eigenvalue weighted by Gasteiger charge is 2.08. The number of benzene rings is 1. The molecule has 1 aromatic carbocycles. The molecule has 0 aliphatic carbocycles. The molecule has 1 atom stereocenters. The summed E-state index contributed by atoms with van der Waals surface area (Å²) in [6, 6.07) is 7.29. The minimum atomic E-state index is 0.423. The van der Waals surface area contributed by atoms with Crippen molar-refractivity contribution >= 4 is 0 Å². The quantitative estimate of drug-likeness (QED) is 0.732. The van der Waals surface area contributed by atoms with E-state index in [1.165, 1.54) is 0 Å². The van der Waals surface area contributed by atoms with Crippen LogP contribution in [0.3, 0.4) is 0 Å². The molecular formula is C15H22N2O2. The molecule has 0 saturated heterocycles. The summed E-state index contributed by atoms with van der Waals surface area (Å²) in [5.41, 5.74) is 0.571. The second-order valence-electron chi connectivity index (χ2n) is 4.60. The number of hydrogen-bond donors (Lipinski definition) is 1. The van der Waals surface area contributed by atoms with Crippen LogP contribution in [0.1, 0.15) is 25.8 Å². The summed E-state index contributed by atoms with van der Waals surface area (Å²) in [4.78, 5) is 0. The molecule has 1 aromatic rings. The predicted molar refractivity (Wildman–Crippen MR) is 75.5 cm³/mol. The zero-order valence-electron chi connectivity index (χ0n) is 11.9. The van der Waals surface area contributed by atoms with E-state index in [9.17, 15) is 0 Å². The van der Waals surface area contributed by atoms with Gasteiger partial charge in [-0.15, -0.1) is 0 Å². The van der Waals surface area contributed by atoms with E-state index in [2.05, 4.69) is 25.2 Å². The maximum Gasteiger partial charge on any atom is 0.162 e. The van der Waals surface area contributed by atoms with Crippen molar-refractivity contribution in [2.45, 2.75) is 20.3 Å². The summed E-state index contributed by atoms with van der Waals surface area (Å²) >= 11 is 0. The Morgan fingerprint density at radius 3 is 2.79 bits per heavy atom. The molecule has 1 N–H and O–H groups in total. The molecule has 0 amide bonds. The minimum absolute atomic E-state index is 0.423. The van der Waals surface area contributed by atoms with Crippen LogP contribution in [0.5, 0.6) is 11.5 Å². The molecule has 1 unspecified atom stereocenters. The summed E-state index contributed by atoms with van der Waals surface area (Å²) in [5, 5.41) is 12.2. The van der Waals surface area contributed by atoms with Gasteiger partial charge >= 0.3 is 0 Å². The number of nitrogens with one attached hydrogen (secondary N) is 1. The average Bonchev–Trinajstić information content (AvgIpc) is 2.45. The normalized spacial score (nSPS) is 11.7. The summed E-state index contributed by atoms with van der Waals surface area (Å²) in [5.74, 6) is 1.71. The molecule has 4 heteroatoms. The Labute approximate surface area is 115 Å². The van der Waals surface area contributed by atoms with Gasteiger partial charge in [0.15, 0.2) is 11.5 Å². The van der Waals surface area contributed by atoms with Gasteiger partial charge in [-0.05, 0) is 25.1 Å². The molecule has 1 rings (SSSR count). The molecule has 0 bridgehead atoms. The average molecular weight is 262 g/mol. The smallest absolute Gasteiger partial charge is 0.162 e. The van der Waals surface area contributed by atoms with Gasteiger partial charge in [0.2, 0.25) is 0 Å². The molecule has 4 nitrogen and oxygen atoms in total. The van der Waals surface area contributed by atoms with Crippen LogP contribution in [0.25, 0.3) is 0 Å². The molecule has 0 saturated carbocycles. The molecule has 0 fully saturated rings. The Morgan fingerprint density at radius 1 is 1.37 bits per heavy atom. The van der Waals surface area contributed by atoms with E-state index in [0.717, 1.165) is 19.5 Å². The van der Waals surface area contributed by atoms with Crippen LogP contribution in [0.4, 0.5) is 0 Å². The van der Waals surface area contributed by atoms with Gasteiger partial charge in [-0.1, -0.05) is 13.8 Å². The molecule has 0 aliphatic rings. The summed E-state index contributed by atoms with van der Waals surface area (Å²) in [6.07, 6.45) is 1.14. The van der Waals surface area contributed by atoms with Crippen LogP contribution in [0.15, 0.2) is 18.2 Å². The fourth-order valence-electron chi connectivity index (χ4n) is 1.67. The Kier molecular flexibility index (Phi) is 6.76. The number of hydrogen-bond acceptors (Lipinski definition) is 4. The Hall–Kier alpha value is -1.73. The van der Waals surface area contributed by atoms with Crippen molar-refractivity contribution in [1.29, 1.82) is 5.26 Å². The minimum Gasteiger partial charge on any atom is -0.493 e. The first-order chi connectivity index (χ1) is 9.21. The van der Waals surface area contributed by atoms with Crippen molar-refractivity contribution in [2.24, 2.45) is 5.92 Å². The van der Waals surface area contributed by atoms with E-state index < -0.39 is 0 Å². The molecule has 104 valence electrons. The molecule has 0 aromatic heterocycles. The first-order valence-electron chi connectivity index (χ1n) is 6.62. The van der Waals surface area contributed by atoms with Crippen molar-refractivity contribution in [3.05, 3.63) is 23.8 Å². The second kappa shape index (κ2) is 8.39. The van der Waals surface area contributed by atoms with E-state index in [-0.39, 0.29) is 0 Å². The van der Waals surface area contributed by atoms with Crippen LogP contribution in [0.2, 0.25) is 0 Å². The van der Waals surface area contributed by atoms with E-state index in [1.807, 2.05) is 0 Å². The number of methoxy groups -OCH3 is 1. The SMILES string of the molecule is CCCNCC(C)COc1ccc(C#N)cc1OC. The monoisotopic (exact) mass is 262 g/mol. The second-order valence-corrected chi connectivity index (χ2v) is 4.60. The first kappa shape index (κ1) is 15.3. The zero-order valence-corrected chi connectivity index (χ0v) is 11.9. The fraction of sp³-hybridized carbons (Fsp3) is 0.533. The van der Waals surface area contributed by atoms with Crippen molar-refractivity contribution in [3.8, 4) is 17.6 Å². The Morgan fingerprint density at radius 2 is 2.16 bits per heavy atom. The maximum absolute atomic E-state index is 8.83. The van der Waals surface area contributed by atoms with Gasteiger partial charge < -0.3 is 14.8 Å². The van der Waals surface area contributed by atoms with Gasteiger partial charge in [-0.2, -0.15) is 5.26 Å². The van der Waals surface area contributed by atoms with E-state index in [0.29, 0.717) is 29.6 Å². The summed E-state index contributed by atoms with van der Waals surface area (Å²) in [6.45, 7) is 6.88. The van der Waals surface area contributed by atoms with Gasteiger partial charge in [-0.25, -0.2) is 0 Å². The highest BCUT2D eigenvalue weighted by Crippen LogP contribution is 2.28. The summed E-state index contributed by atoms with van der Waals surface area (Å²) < 4.78 is 11.0. The van der Waals surface area contributed by atoms with Gasteiger partial charge in [0.05, 0.1) is 25.3 Å². The zero-order chi connectivity index (χ0) is 14.1. The highest BCUT2D eigenvalue weighted by atomic mass is 16.5. The van der Waals surface area contributed by atoms with E-state index in [1.54, 1.807) is 25.3 Å². The number of rotatable bonds is 8. The van der Waals surface area contributed by atoms with Gasteiger partial charge in [0.25, 0.3) is 0 Å². The van der Waals surface area contributed by atoms with Crippen molar-refractivity contribution in [2.75, 3.05) is 26.8 Å². The van der Waals surface area contributed by atoms with Crippen LogP contribution < -0.4 is 14.8 Å². The molecule has 0 heterocycles. The third-order valence-corrected chi connectivity index (χ3v) is 2.74. The largest absolute Gasteiger partial charge is 0.493 e. The lowest BCUT2D eigenvalue weighted by Crippen LogP contribution is -2.25. The standard InChI is InChI=1S/C15H22N2O2/c1-4-7-17-10-12(2)11-19-14-6-5-13(9-16)8-15(14)18-3/h5-6,8,12,17H,4,7,10-11H2,1-3H3. The van der Waals surface area contributed by atoms with Crippen molar-refractivity contribution in [3.63, 3.8) is 0 Å².